The van der Waals surface area contributed by atoms with Gasteiger partial charge in [-0.15, -0.1) is 11.3 Å². The highest BCUT2D eigenvalue weighted by molar-refractivity contribution is 7.12. The largest absolute Gasteiger partial charge is 0.312 e. The lowest BCUT2D eigenvalue weighted by Gasteiger charge is -2.35. The molecule has 2 bridgehead atoms. The van der Waals surface area contributed by atoms with Crippen LogP contribution in [0.4, 0.5) is 0 Å². The van der Waals surface area contributed by atoms with Gasteiger partial charge in [-0.2, -0.15) is 0 Å². The van der Waals surface area contributed by atoms with Gasteiger partial charge in [0.15, 0.2) is 0 Å². The van der Waals surface area contributed by atoms with Crippen molar-refractivity contribution in [2.45, 2.75) is 69.0 Å². The summed E-state index contributed by atoms with van der Waals surface area (Å²) in [5.41, 5.74) is 1.40. The lowest BCUT2D eigenvalue weighted by atomic mass is 9.91. The summed E-state index contributed by atoms with van der Waals surface area (Å²) < 4.78 is 0. The summed E-state index contributed by atoms with van der Waals surface area (Å²) in [7, 11) is 4.41. The fourth-order valence-electron chi connectivity index (χ4n) is 4.50. The third-order valence-electron chi connectivity index (χ3n) is 5.76. The number of aromatic nitrogens is 1. The van der Waals surface area contributed by atoms with E-state index in [-0.39, 0.29) is 0 Å². The highest BCUT2D eigenvalue weighted by Gasteiger charge is 2.40. The van der Waals surface area contributed by atoms with Crippen molar-refractivity contribution < 1.29 is 0 Å². The predicted octanol–water partition coefficient (Wildman–Crippen LogP) is 3.08. The molecular formula is C16H25N3S. The van der Waals surface area contributed by atoms with Crippen LogP contribution in [-0.4, -0.2) is 36.1 Å². The molecule has 3 aliphatic rings. The minimum atomic E-state index is 0.563. The van der Waals surface area contributed by atoms with Crippen molar-refractivity contribution in [3.05, 3.63) is 15.6 Å². The number of thiazole rings is 1. The van der Waals surface area contributed by atoms with Crippen LogP contribution in [0.25, 0.3) is 0 Å². The SMILES string of the molecule is CNC1CCCc2nc(C3CC4CCC(C3)N4C)sc21. The van der Waals surface area contributed by atoms with E-state index in [1.165, 1.54) is 55.6 Å². The average Bonchev–Trinajstić information content (AvgIpc) is 2.96. The van der Waals surface area contributed by atoms with Gasteiger partial charge in [-0.3, -0.25) is 0 Å². The third kappa shape index (κ3) is 2.04. The van der Waals surface area contributed by atoms with E-state index >= 15 is 0 Å². The minimum Gasteiger partial charge on any atom is -0.312 e. The Morgan fingerprint density at radius 1 is 1.20 bits per heavy atom. The highest BCUT2D eigenvalue weighted by Crippen LogP contribution is 2.45. The van der Waals surface area contributed by atoms with E-state index in [9.17, 15) is 0 Å². The Kier molecular flexibility index (Phi) is 3.36. The summed E-state index contributed by atoms with van der Waals surface area (Å²) in [6, 6.07) is 2.20. The molecule has 1 N–H and O–H groups in total. The van der Waals surface area contributed by atoms with Crippen molar-refractivity contribution >= 4 is 11.3 Å². The van der Waals surface area contributed by atoms with Gasteiger partial charge < -0.3 is 10.2 Å². The van der Waals surface area contributed by atoms with E-state index in [0.717, 1.165) is 18.0 Å². The fourth-order valence-corrected chi connectivity index (χ4v) is 5.89. The maximum atomic E-state index is 5.05. The van der Waals surface area contributed by atoms with Crippen molar-refractivity contribution in [1.29, 1.82) is 0 Å². The summed E-state index contributed by atoms with van der Waals surface area (Å²) in [5.74, 6) is 0.733. The molecule has 2 aliphatic heterocycles. The normalized spacial score (nSPS) is 37.1. The Morgan fingerprint density at radius 3 is 2.65 bits per heavy atom. The molecule has 2 saturated heterocycles. The molecule has 20 heavy (non-hydrogen) atoms. The summed E-state index contributed by atoms with van der Waals surface area (Å²) in [6.45, 7) is 0. The minimum absolute atomic E-state index is 0.563. The van der Waals surface area contributed by atoms with Crippen LogP contribution in [0.15, 0.2) is 0 Å². The molecule has 1 aromatic heterocycles. The van der Waals surface area contributed by atoms with Crippen LogP contribution in [-0.2, 0) is 6.42 Å². The molecule has 2 fully saturated rings. The van der Waals surface area contributed by atoms with Gasteiger partial charge in [0, 0.05) is 28.9 Å². The molecule has 4 rings (SSSR count). The maximum absolute atomic E-state index is 5.05. The molecule has 3 atom stereocenters. The Labute approximate surface area is 125 Å². The van der Waals surface area contributed by atoms with Gasteiger partial charge in [-0.25, -0.2) is 4.98 Å². The van der Waals surface area contributed by atoms with E-state index in [1.54, 1.807) is 4.88 Å². The number of nitrogens with one attached hydrogen (secondary N) is 1. The summed E-state index contributed by atoms with van der Waals surface area (Å²) in [6.07, 6.45) is 9.25. The van der Waals surface area contributed by atoms with Gasteiger partial charge in [-0.1, -0.05) is 0 Å². The lowest BCUT2D eigenvalue weighted by molar-refractivity contribution is 0.161. The van der Waals surface area contributed by atoms with E-state index in [1.807, 2.05) is 11.3 Å². The van der Waals surface area contributed by atoms with Gasteiger partial charge in [0.2, 0.25) is 0 Å². The van der Waals surface area contributed by atoms with E-state index in [0.29, 0.717) is 6.04 Å². The van der Waals surface area contributed by atoms with Crippen LogP contribution >= 0.6 is 11.3 Å². The molecule has 1 aliphatic carbocycles. The van der Waals surface area contributed by atoms with E-state index in [2.05, 4.69) is 24.3 Å². The first-order valence-electron chi connectivity index (χ1n) is 8.15. The topological polar surface area (TPSA) is 28.2 Å². The molecule has 1 aromatic rings. The first-order chi connectivity index (χ1) is 9.76. The zero-order valence-corrected chi connectivity index (χ0v) is 13.4. The average molecular weight is 291 g/mol. The first-order valence-corrected chi connectivity index (χ1v) is 8.96. The van der Waals surface area contributed by atoms with E-state index in [4.69, 9.17) is 4.98 Å². The van der Waals surface area contributed by atoms with Crippen LogP contribution < -0.4 is 5.32 Å². The van der Waals surface area contributed by atoms with Gasteiger partial charge in [0.05, 0.1) is 10.7 Å². The molecule has 0 saturated carbocycles. The van der Waals surface area contributed by atoms with Crippen LogP contribution in [0.3, 0.4) is 0 Å². The number of hydrogen-bond donors (Lipinski definition) is 1. The second kappa shape index (κ2) is 5.08. The van der Waals surface area contributed by atoms with Gasteiger partial charge in [0.1, 0.15) is 0 Å². The summed E-state index contributed by atoms with van der Waals surface area (Å²) in [5, 5.41) is 4.92. The summed E-state index contributed by atoms with van der Waals surface area (Å²) in [4.78, 5) is 9.22. The standard InChI is InChI=1S/C16H25N3S/c1-17-13-4-3-5-14-15(13)20-16(18-14)10-8-11-6-7-12(9-10)19(11)2/h10-13,17H,3-9H2,1-2H3. The number of fused-ring (bicyclic) bond motifs is 3. The van der Waals surface area contributed by atoms with Crippen LogP contribution in [0.5, 0.6) is 0 Å². The van der Waals surface area contributed by atoms with Crippen molar-refractivity contribution in [2.24, 2.45) is 0 Å². The van der Waals surface area contributed by atoms with Crippen LogP contribution in [0.2, 0.25) is 0 Å². The Bertz CT molecular complexity index is 484. The zero-order valence-electron chi connectivity index (χ0n) is 12.6. The van der Waals surface area contributed by atoms with Crippen LogP contribution in [0.1, 0.15) is 66.1 Å². The Hall–Kier alpha value is -0.450. The van der Waals surface area contributed by atoms with Crippen molar-refractivity contribution in [3.8, 4) is 0 Å². The predicted molar refractivity (Wildman–Crippen MR) is 83.4 cm³/mol. The monoisotopic (exact) mass is 291 g/mol. The van der Waals surface area contributed by atoms with E-state index < -0.39 is 0 Å². The third-order valence-corrected chi connectivity index (χ3v) is 7.14. The van der Waals surface area contributed by atoms with Crippen molar-refractivity contribution in [1.82, 2.24) is 15.2 Å². The quantitative estimate of drug-likeness (QED) is 0.907. The van der Waals surface area contributed by atoms with Crippen molar-refractivity contribution in [3.63, 3.8) is 0 Å². The lowest BCUT2D eigenvalue weighted by Crippen LogP contribution is -2.39. The molecule has 0 amide bonds. The maximum Gasteiger partial charge on any atom is 0.0963 e. The number of piperidine rings is 1. The number of hydrogen-bond acceptors (Lipinski definition) is 4. The molecule has 4 heteroatoms. The van der Waals surface area contributed by atoms with Crippen molar-refractivity contribution in [2.75, 3.05) is 14.1 Å². The number of rotatable bonds is 2. The number of nitrogens with zero attached hydrogens (tertiary/aromatic N) is 2. The van der Waals surface area contributed by atoms with Gasteiger partial charge in [-0.05, 0) is 59.0 Å². The fraction of sp³-hybridized carbons (Fsp3) is 0.812. The second-order valence-electron chi connectivity index (χ2n) is 6.82. The van der Waals surface area contributed by atoms with Crippen LogP contribution in [0, 0.1) is 0 Å². The molecule has 110 valence electrons. The molecule has 3 unspecified atom stereocenters. The Balaban J connectivity index is 1.59. The first kappa shape index (κ1) is 13.2. The molecule has 3 nitrogen and oxygen atoms in total. The highest BCUT2D eigenvalue weighted by atomic mass is 32.1. The molecule has 0 aromatic carbocycles. The zero-order chi connectivity index (χ0) is 13.7. The molecule has 0 spiro atoms. The van der Waals surface area contributed by atoms with Gasteiger partial charge >= 0.3 is 0 Å². The molecule has 3 heterocycles. The summed E-state index contributed by atoms with van der Waals surface area (Å²) >= 11 is 2.02. The molecule has 0 radical (unpaired) electrons. The molecular weight excluding hydrogens is 266 g/mol. The van der Waals surface area contributed by atoms with Gasteiger partial charge in [0.25, 0.3) is 0 Å². The number of aryl methyl sites for hydroxylation is 1. The smallest absolute Gasteiger partial charge is 0.0963 e. The second-order valence-corrected chi connectivity index (χ2v) is 7.88. The Morgan fingerprint density at radius 2 is 1.95 bits per heavy atom.